The molecule has 2 N–H and O–H groups in total. The summed E-state index contributed by atoms with van der Waals surface area (Å²) < 4.78 is 43.7. The third kappa shape index (κ3) is 6.43. The van der Waals surface area contributed by atoms with Gasteiger partial charge in [-0.25, -0.2) is 15.1 Å². The Bertz CT molecular complexity index is 1030. The number of anilines is 2. The largest absolute Gasteiger partial charge is 0.419 e. The molecule has 1 amide bonds. The van der Waals surface area contributed by atoms with E-state index in [0.717, 1.165) is 12.4 Å². The number of aromatic amines is 1. The zero-order valence-electron chi connectivity index (χ0n) is 19.2. The van der Waals surface area contributed by atoms with Gasteiger partial charge in [0.15, 0.2) is 0 Å². The Kier molecular flexibility index (Phi) is 8.07. The SMILES string of the molecule is Cc1c(N[C@@H](C)COCCC(=O)N2CCN(c3ncc(C(F)(F)F)cn3)C[C@H]2C)cn[nH]c1=O. The Morgan fingerprint density at radius 1 is 1.29 bits per heavy atom. The molecule has 2 aromatic rings. The predicted molar refractivity (Wildman–Crippen MR) is 119 cm³/mol. The van der Waals surface area contributed by atoms with E-state index in [-0.39, 0.29) is 42.5 Å². The van der Waals surface area contributed by atoms with Crippen molar-refractivity contribution >= 4 is 17.5 Å². The molecular formula is C21H28F3N7O3. The summed E-state index contributed by atoms with van der Waals surface area (Å²) in [6, 6.07) is -0.247. The summed E-state index contributed by atoms with van der Waals surface area (Å²) in [4.78, 5) is 35.4. The summed E-state index contributed by atoms with van der Waals surface area (Å²) in [7, 11) is 0. The van der Waals surface area contributed by atoms with Crippen LogP contribution < -0.4 is 15.8 Å². The molecule has 2 aromatic heterocycles. The van der Waals surface area contributed by atoms with Gasteiger partial charge in [-0.15, -0.1) is 0 Å². The maximum atomic E-state index is 12.7. The van der Waals surface area contributed by atoms with Crippen LogP contribution in [0.1, 0.15) is 31.4 Å². The van der Waals surface area contributed by atoms with Crippen LogP contribution in [0.4, 0.5) is 24.8 Å². The van der Waals surface area contributed by atoms with Crippen LogP contribution in [-0.2, 0) is 15.7 Å². The van der Waals surface area contributed by atoms with E-state index in [9.17, 15) is 22.8 Å². The van der Waals surface area contributed by atoms with Crippen LogP contribution in [0.3, 0.4) is 0 Å². The molecule has 2 atom stereocenters. The van der Waals surface area contributed by atoms with Gasteiger partial charge in [0.2, 0.25) is 11.9 Å². The highest BCUT2D eigenvalue weighted by Gasteiger charge is 2.32. The molecule has 0 radical (unpaired) electrons. The van der Waals surface area contributed by atoms with Crippen LogP contribution in [0.15, 0.2) is 23.4 Å². The van der Waals surface area contributed by atoms with Gasteiger partial charge in [0.1, 0.15) is 0 Å². The van der Waals surface area contributed by atoms with E-state index in [1.54, 1.807) is 16.7 Å². The van der Waals surface area contributed by atoms with E-state index >= 15 is 0 Å². The van der Waals surface area contributed by atoms with E-state index in [0.29, 0.717) is 37.5 Å². The number of ether oxygens (including phenoxy) is 1. The third-order valence-electron chi connectivity index (χ3n) is 5.53. The molecule has 1 aliphatic rings. The number of amides is 1. The Hall–Kier alpha value is -3.22. The molecule has 10 nitrogen and oxygen atoms in total. The van der Waals surface area contributed by atoms with Crippen LogP contribution >= 0.6 is 0 Å². The summed E-state index contributed by atoms with van der Waals surface area (Å²) in [6.45, 7) is 7.30. The number of hydrogen-bond donors (Lipinski definition) is 2. The number of aromatic nitrogens is 4. The number of carbonyl (C=O) groups excluding carboxylic acids is 1. The Morgan fingerprint density at radius 2 is 2.00 bits per heavy atom. The second kappa shape index (κ2) is 10.8. The van der Waals surface area contributed by atoms with Crippen molar-refractivity contribution in [2.24, 2.45) is 0 Å². The van der Waals surface area contributed by atoms with Crippen molar-refractivity contribution in [3.8, 4) is 0 Å². The first-order valence-corrected chi connectivity index (χ1v) is 10.9. The van der Waals surface area contributed by atoms with Gasteiger partial charge in [-0.3, -0.25) is 9.59 Å². The van der Waals surface area contributed by atoms with Crippen molar-refractivity contribution in [3.05, 3.63) is 40.1 Å². The molecule has 13 heteroatoms. The van der Waals surface area contributed by atoms with E-state index in [4.69, 9.17) is 4.74 Å². The molecule has 0 aromatic carbocycles. The molecule has 1 aliphatic heterocycles. The highest BCUT2D eigenvalue weighted by Crippen LogP contribution is 2.28. The van der Waals surface area contributed by atoms with Gasteiger partial charge in [-0.1, -0.05) is 0 Å². The van der Waals surface area contributed by atoms with Crippen molar-refractivity contribution in [2.45, 2.75) is 45.5 Å². The number of halogens is 3. The normalized spacial score (nSPS) is 17.5. The van der Waals surface area contributed by atoms with Crippen LogP contribution in [0.2, 0.25) is 0 Å². The second-order valence-corrected chi connectivity index (χ2v) is 8.26. The molecule has 0 bridgehead atoms. The van der Waals surface area contributed by atoms with Gasteiger partial charge < -0.3 is 19.9 Å². The zero-order valence-corrected chi connectivity index (χ0v) is 19.2. The van der Waals surface area contributed by atoms with Gasteiger partial charge in [-0.05, 0) is 20.8 Å². The van der Waals surface area contributed by atoms with Crippen molar-refractivity contribution in [2.75, 3.05) is 43.1 Å². The fourth-order valence-corrected chi connectivity index (χ4v) is 3.61. The van der Waals surface area contributed by atoms with Gasteiger partial charge in [0.05, 0.1) is 37.1 Å². The van der Waals surface area contributed by atoms with Crippen LogP contribution in [0.5, 0.6) is 0 Å². The van der Waals surface area contributed by atoms with Crippen molar-refractivity contribution in [3.63, 3.8) is 0 Å². The first kappa shape index (κ1) is 25.4. The van der Waals surface area contributed by atoms with E-state index in [1.807, 2.05) is 13.8 Å². The Labute approximate surface area is 194 Å². The van der Waals surface area contributed by atoms with Crippen molar-refractivity contribution in [1.82, 2.24) is 25.1 Å². The molecule has 34 heavy (non-hydrogen) atoms. The van der Waals surface area contributed by atoms with E-state index < -0.39 is 11.7 Å². The summed E-state index contributed by atoms with van der Waals surface area (Å²) in [5, 5.41) is 9.29. The topological polar surface area (TPSA) is 116 Å². The molecular weight excluding hydrogens is 455 g/mol. The Balaban J connectivity index is 1.41. The number of H-pyrrole nitrogens is 1. The third-order valence-corrected chi connectivity index (χ3v) is 5.53. The van der Waals surface area contributed by atoms with Gasteiger partial charge in [-0.2, -0.15) is 18.3 Å². The second-order valence-electron chi connectivity index (χ2n) is 8.26. The minimum absolute atomic E-state index is 0.0595. The lowest BCUT2D eigenvalue weighted by Crippen LogP contribution is -2.54. The van der Waals surface area contributed by atoms with Gasteiger partial charge >= 0.3 is 6.18 Å². The number of hydrogen-bond acceptors (Lipinski definition) is 8. The molecule has 1 saturated heterocycles. The van der Waals surface area contributed by atoms with E-state index in [2.05, 4.69) is 25.5 Å². The maximum absolute atomic E-state index is 12.7. The molecule has 0 aliphatic carbocycles. The van der Waals surface area contributed by atoms with E-state index in [1.165, 1.54) is 6.20 Å². The fourth-order valence-electron chi connectivity index (χ4n) is 3.61. The lowest BCUT2D eigenvalue weighted by atomic mass is 10.2. The van der Waals surface area contributed by atoms with Crippen LogP contribution in [0.25, 0.3) is 0 Å². The Morgan fingerprint density at radius 3 is 2.65 bits per heavy atom. The molecule has 3 heterocycles. The quantitative estimate of drug-likeness (QED) is 0.547. The van der Waals surface area contributed by atoms with Gasteiger partial charge in [0, 0.05) is 49.7 Å². The minimum atomic E-state index is -4.48. The monoisotopic (exact) mass is 483 g/mol. The molecule has 1 fully saturated rings. The number of nitrogens with one attached hydrogen (secondary N) is 2. The number of rotatable bonds is 8. The minimum Gasteiger partial charge on any atom is -0.379 e. The highest BCUT2D eigenvalue weighted by molar-refractivity contribution is 5.77. The fraction of sp³-hybridized carbons (Fsp3) is 0.571. The van der Waals surface area contributed by atoms with Crippen LogP contribution in [-0.4, -0.2) is 75.9 Å². The summed E-state index contributed by atoms with van der Waals surface area (Å²) in [5.41, 5.74) is 0.00109. The summed E-state index contributed by atoms with van der Waals surface area (Å²) >= 11 is 0. The zero-order chi connectivity index (χ0) is 24.9. The molecule has 0 saturated carbocycles. The van der Waals surface area contributed by atoms with Crippen molar-refractivity contribution in [1.29, 1.82) is 0 Å². The number of carbonyl (C=O) groups is 1. The van der Waals surface area contributed by atoms with Crippen molar-refractivity contribution < 1.29 is 22.7 Å². The molecule has 186 valence electrons. The smallest absolute Gasteiger partial charge is 0.379 e. The first-order chi connectivity index (χ1) is 16.1. The first-order valence-electron chi connectivity index (χ1n) is 10.9. The summed E-state index contributed by atoms with van der Waals surface area (Å²) in [5.74, 6) is 0.151. The molecule has 0 unspecified atom stereocenters. The molecule has 3 rings (SSSR count). The highest BCUT2D eigenvalue weighted by atomic mass is 19.4. The predicted octanol–water partition coefficient (Wildman–Crippen LogP) is 1.83. The standard InChI is InChI=1S/C21H28F3N7O3/c1-13(28-17-10-27-29-19(33)15(17)3)12-34-7-4-18(32)31-6-5-30(11-14(31)2)20-25-8-16(9-26-20)21(22,23)24/h8-10,13-14H,4-7,11-12H2,1-3H3,(H2,28,29,33)/t13-,14+/m0/s1. The lowest BCUT2D eigenvalue weighted by molar-refractivity contribution is -0.138. The van der Waals surface area contributed by atoms with Gasteiger partial charge in [0.25, 0.3) is 5.56 Å². The average Bonchev–Trinajstić information content (AvgIpc) is 2.79. The number of alkyl halides is 3. The summed E-state index contributed by atoms with van der Waals surface area (Å²) in [6.07, 6.45) is -1.20. The lowest BCUT2D eigenvalue weighted by Gasteiger charge is -2.40. The maximum Gasteiger partial charge on any atom is 0.419 e. The number of piperazine rings is 1. The average molecular weight is 483 g/mol. The van der Waals surface area contributed by atoms with Crippen LogP contribution in [0, 0.1) is 6.92 Å². The number of nitrogens with zero attached hydrogens (tertiary/aromatic N) is 5. The molecule has 0 spiro atoms.